The standard InChI is InChI=1S/C8H12N4O3/c1-14-2-3-15-12-5-7-6(11-12)4-9-8(13)10-7/h5H,2-4H2,1H3,(H2,9,10,13). The number of hydrogen-bond acceptors (Lipinski definition) is 4. The molecule has 1 aromatic rings. The van der Waals surface area contributed by atoms with E-state index in [9.17, 15) is 4.79 Å². The first-order valence-electron chi connectivity index (χ1n) is 4.55. The second-order valence-corrected chi connectivity index (χ2v) is 3.03. The molecule has 0 bridgehead atoms. The van der Waals surface area contributed by atoms with Crippen molar-refractivity contribution in [1.82, 2.24) is 15.3 Å². The predicted octanol–water partition coefficient (Wildman–Crippen LogP) is -0.407. The number of carbonyl (C=O) groups excluding carboxylic acids is 1. The maximum atomic E-state index is 11.0. The van der Waals surface area contributed by atoms with Gasteiger partial charge in [0.1, 0.15) is 12.3 Å². The van der Waals surface area contributed by atoms with Crippen LogP contribution in [0.4, 0.5) is 10.5 Å². The number of methoxy groups -OCH3 is 1. The van der Waals surface area contributed by atoms with Crippen LogP contribution in [0.3, 0.4) is 0 Å². The molecule has 82 valence electrons. The largest absolute Gasteiger partial charge is 0.394 e. The summed E-state index contributed by atoms with van der Waals surface area (Å²) in [6.07, 6.45) is 1.63. The van der Waals surface area contributed by atoms with Gasteiger partial charge >= 0.3 is 6.03 Å². The van der Waals surface area contributed by atoms with Gasteiger partial charge in [0.2, 0.25) is 0 Å². The lowest BCUT2D eigenvalue weighted by Gasteiger charge is -2.11. The van der Waals surface area contributed by atoms with Gasteiger partial charge in [0, 0.05) is 7.11 Å². The third kappa shape index (κ3) is 2.18. The Morgan fingerprint density at radius 2 is 2.47 bits per heavy atom. The Morgan fingerprint density at radius 1 is 1.60 bits per heavy atom. The van der Waals surface area contributed by atoms with E-state index in [2.05, 4.69) is 15.7 Å². The number of rotatable bonds is 4. The van der Waals surface area contributed by atoms with E-state index in [0.29, 0.717) is 25.4 Å². The number of urea groups is 1. The average molecular weight is 212 g/mol. The second kappa shape index (κ2) is 4.18. The molecule has 1 aliphatic rings. The van der Waals surface area contributed by atoms with Crippen LogP contribution >= 0.6 is 0 Å². The van der Waals surface area contributed by atoms with E-state index in [4.69, 9.17) is 9.57 Å². The summed E-state index contributed by atoms with van der Waals surface area (Å²) in [5, 5.41) is 9.36. The molecule has 1 aromatic heterocycles. The van der Waals surface area contributed by atoms with Crippen LogP contribution in [0.2, 0.25) is 0 Å². The zero-order valence-corrected chi connectivity index (χ0v) is 8.32. The molecule has 0 aromatic carbocycles. The van der Waals surface area contributed by atoms with Crippen LogP contribution in [-0.4, -0.2) is 36.3 Å². The summed E-state index contributed by atoms with van der Waals surface area (Å²) < 4.78 is 4.83. The Kier molecular flexibility index (Phi) is 2.72. The fourth-order valence-corrected chi connectivity index (χ4v) is 1.23. The first kappa shape index (κ1) is 9.78. The van der Waals surface area contributed by atoms with Crippen LogP contribution in [0.15, 0.2) is 6.20 Å². The van der Waals surface area contributed by atoms with Gasteiger partial charge in [-0.15, -0.1) is 9.94 Å². The highest BCUT2D eigenvalue weighted by Gasteiger charge is 2.17. The van der Waals surface area contributed by atoms with Gasteiger partial charge in [0.15, 0.2) is 0 Å². The van der Waals surface area contributed by atoms with Gasteiger partial charge in [-0.3, -0.25) is 0 Å². The average Bonchev–Trinajstić information content (AvgIpc) is 2.60. The second-order valence-electron chi connectivity index (χ2n) is 3.03. The highest BCUT2D eigenvalue weighted by Crippen LogP contribution is 2.15. The number of carbonyl (C=O) groups is 1. The molecule has 2 N–H and O–H groups in total. The summed E-state index contributed by atoms with van der Waals surface area (Å²) in [5.74, 6) is 0. The van der Waals surface area contributed by atoms with Crippen molar-refractivity contribution < 1.29 is 14.4 Å². The van der Waals surface area contributed by atoms with Gasteiger partial charge in [-0.25, -0.2) is 4.79 Å². The summed E-state index contributed by atoms with van der Waals surface area (Å²) in [4.78, 5) is 17.5. The zero-order valence-electron chi connectivity index (χ0n) is 8.32. The van der Waals surface area contributed by atoms with Crippen LogP contribution in [-0.2, 0) is 11.3 Å². The number of aromatic nitrogens is 2. The Bertz CT molecular complexity index is 363. The number of nitrogens with one attached hydrogen (secondary N) is 2. The molecule has 0 aliphatic carbocycles. The van der Waals surface area contributed by atoms with Gasteiger partial charge in [0.25, 0.3) is 0 Å². The highest BCUT2D eigenvalue weighted by molar-refractivity contribution is 5.91. The highest BCUT2D eigenvalue weighted by atomic mass is 16.7. The fraction of sp³-hybridized carbons (Fsp3) is 0.500. The summed E-state index contributed by atoms with van der Waals surface area (Å²) in [6, 6.07) is -0.223. The van der Waals surface area contributed by atoms with Gasteiger partial charge in [-0.2, -0.15) is 0 Å². The van der Waals surface area contributed by atoms with Crippen molar-refractivity contribution in [3.63, 3.8) is 0 Å². The number of amides is 2. The van der Waals surface area contributed by atoms with E-state index in [-0.39, 0.29) is 6.03 Å². The third-order valence-corrected chi connectivity index (χ3v) is 1.95. The van der Waals surface area contributed by atoms with E-state index in [1.54, 1.807) is 13.3 Å². The van der Waals surface area contributed by atoms with Crippen molar-refractivity contribution in [3.05, 3.63) is 11.9 Å². The molecule has 0 saturated heterocycles. The SMILES string of the molecule is COCCOn1cc2c(n1)CNC(=O)N2. The minimum absolute atomic E-state index is 0.223. The number of ether oxygens (including phenoxy) is 1. The first-order valence-corrected chi connectivity index (χ1v) is 4.55. The van der Waals surface area contributed by atoms with Crippen molar-refractivity contribution in [1.29, 1.82) is 0 Å². The predicted molar refractivity (Wildman–Crippen MR) is 51.4 cm³/mol. The van der Waals surface area contributed by atoms with Crippen molar-refractivity contribution in [2.45, 2.75) is 6.54 Å². The van der Waals surface area contributed by atoms with Gasteiger partial charge < -0.3 is 20.2 Å². The van der Waals surface area contributed by atoms with Gasteiger partial charge in [0.05, 0.1) is 25.0 Å². The lowest BCUT2D eigenvalue weighted by molar-refractivity contribution is 0.0393. The number of nitrogens with zero attached hydrogens (tertiary/aromatic N) is 2. The maximum absolute atomic E-state index is 11.0. The molecular weight excluding hydrogens is 200 g/mol. The lowest BCUT2D eigenvalue weighted by atomic mass is 10.3. The minimum atomic E-state index is -0.223. The molecule has 0 fully saturated rings. The monoisotopic (exact) mass is 212 g/mol. The number of anilines is 1. The minimum Gasteiger partial charge on any atom is -0.394 e. The van der Waals surface area contributed by atoms with Crippen molar-refractivity contribution in [3.8, 4) is 0 Å². The fourth-order valence-electron chi connectivity index (χ4n) is 1.23. The molecule has 0 spiro atoms. The molecule has 0 saturated carbocycles. The Balaban J connectivity index is 1.99. The molecule has 2 heterocycles. The number of hydrogen-bond donors (Lipinski definition) is 2. The topological polar surface area (TPSA) is 77.4 Å². The smallest absolute Gasteiger partial charge is 0.319 e. The van der Waals surface area contributed by atoms with E-state index in [1.165, 1.54) is 4.85 Å². The Morgan fingerprint density at radius 3 is 3.27 bits per heavy atom. The molecule has 15 heavy (non-hydrogen) atoms. The molecule has 7 nitrogen and oxygen atoms in total. The lowest BCUT2D eigenvalue weighted by Crippen LogP contribution is -2.32. The molecule has 0 radical (unpaired) electrons. The van der Waals surface area contributed by atoms with Crippen LogP contribution in [0.5, 0.6) is 0 Å². The molecule has 7 heteroatoms. The van der Waals surface area contributed by atoms with Crippen LogP contribution in [0.1, 0.15) is 5.69 Å². The van der Waals surface area contributed by atoms with Gasteiger partial charge in [-0.05, 0) is 0 Å². The molecule has 0 unspecified atom stereocenters. The normalized spacial score (nSPS) is 14.1. The molecule has 2 amide bonds. The summed E-state index contributed by atoms with van der Waals surface area (Å²) >= 11 is 0. The molecule has 1 aliphatic heterocycles. The first-order chi connectivity index (χ1) is 7.29. The summed E-state index contributed by atoms with van der Waals surface area (Å²) in [7, 11) is 1.60. The van der Waals surface area contributed by atoms with E-state index >= 15 is 0 Å². The van der Waals surface area contributed by atoms with Gasteiger partial charge in [-0.1, -0.05) is 0 Å². The molecule has 2 rings (SSSR count). The Labute approximate surface area is 86.3 Å². The van der Waals surface area contributed by atoms with E-state index in [0.717, 1.165) is 5.69 Å². The third-order valence-electron chi connectivity index (χ3n) is 1.95. The summed E-state index contributed by atoms with van der Waals surface area (Å²) in [6.45, 7) is 1.33. The number of fused-ring (bicyclic) bond motifs is 1. The maximum Gasteiger partial charge on any atom is 0.319 e. The van der Waals surface area contributed by atoms with E-state index in [1.807, 2.05) is 0 Å². The Hall–Kier alpha value is -1.76. The van der Waals surface area contributed by atoms with Crippen LogP contribution in [0, 0.1) is 0 Å². The summed E-state index contributed by atoms with van der Waals surface area (Å²) in [5.41, 5.74) is 1.43. The van der Waals surface area contributed by atoms with Crippen molar-refractivity contribution in [2.24, 2.45) is 0 Å². The van der Waals surface area contributed by atoms with E-state index < -0.39 is 0 Å². The van der Waals surface area contributed by atoms with Crippen LogP contribution < -0.4 is 15.5 Å². The molecular formula is C8H12N4O3. The molecule has 0 atom stereocenters. The van der Waals surface area contributed by atoms with Crippen molar-refractivity contribution in [2.75, 3.05) is 25.6 Å². The quantitative estimate of drug-likeness (QED) is 0.665. The van der Waals surface area contributed by atoms with Crippen molar-refractivity contribution >= 4 is 11.7 Å². The zero-order chi connectivity index (χ0) is 10.7. The van der Waals surface area contributed by atoms with Crippen LogP contribution in [0.25, 0.3) is 0 Å².